The molecule has 3 rings (SSSR count). The fraction of sp³-hybridized carbons (Fsp3) is 0.412. The highest BCUT2D eigenvalue weighted by Gasteiger charge is 2.26. The molecule has 1 amide bonds. The summed E-state index contributed by atoms with van der Waals surface area (Å²) >= 11 is 1.22. The summed E-state index contributed by atoms with van der Waals surface area (Å²) in [4.78, 5) is 19.8. The third-order valence-corrected chi connectivity index (χ3v) is 6.37. The summed E-state index contributed by atoms with van der Waals surface area (Å²) in [5, 5.41) is 2.10. The lowest BCUT2D eigenvalue weighted by Crippen LogP contribution is -2.24. The molecule has 1 N–H and O–H groups in total. The topological polar surface area (TPSA) is 91.8 Å². The Labute approximate surface area is 162 Å². The van der Waals surface area contributed by atoms with Gasteiger partial charge in [0.15, 0.2) is 5.13 Å². The molecule has 146 valence electrons. The number of anilines is 2. The number of amides is 1. The van der Waals surface area contributed by atoms with Gasteiger partial charge < -0.3 is 14.5 Å². The first-order valence-corrected chi connectivity index (χ1v) is 10.8. The van der Waals surface area contributed by atoms with E-state index in [0.717, 1.165) is 12.1 Å². The number of hydrogen-bond donors (Lipinski definition) is 1. The van der Waals surface area contributed by atoms with Crippen LogP contribution in [0.2, 0.25) is 0 Å². The lowest BCUT2D eigenvalue weighted by atomic mass is 10.3. The summed E-state index contributed by atoms with van der Waals surface area (Å²) in [5.74, 6) is 0.202. The Balaban J connectivity index is 1.90. The minimum atomic E-state index is -3.92. The number of thiazole rings is 1. The first-order valence-electron chi connectivity index (χ1n) is 8.40. The highest BCUT2D eigenvalue weighted by Crippen LogP contribution is 2.32. The van der Waals surface area contributed by atoms with Crippen molar-refractivity contribution in [1.29, 1.82) is 0 Å². The number of ether oxygens (including phenoxy) is 1. The van der Waals surface area contributed by atoms with Gasteiger partial charge in [-0.25, -0.2) is 13.4 Å². The largest absolute Gasteiger partial charge is 0.495 e. The Morgan fingerprint density at radius 3 is 2.78 bits per heavy atom. The van der Waals surface area contributed by atoms with E-state index in [1.54, 1.807) is 17.0 Å². The minimum Gasteiger partial charge on any atom is -0.495 e. The number of rotatable bonds is 7. The molecule has 0 atom stereocenters. The highest BCUT2D eigenvalue weighted by atomic mass is 32.2. The molecule has 1 fully saturated rings. The van der Waals surface area contributed by atoms with Crippen molar-refractivity contribution in [3.63, 3.8) is 0 Å². The Hall–Kier alpha value is -2.17. The molecule has 0 spiro atoms. The van der Waals surface area contributed by atoms with Crippen LogP contribution in [0.5, 0.6) is 5.75 Å². The van der Waals surface area contributed by atoms with Gasteiger partial charge in [-0.1, -0.05) is 0 Å². The maximum absolute atomic E-state index is 12.9. The maximum Gasteiger partial charge on any atom is 0.267 e. The van der Waals surface area contributed by atoms with Crippen LogP contribution in [0.15, 0.2) is 28.5 Å². The molecule has 1 saturated heterocycles. The van der Waals surface area contributed by atoms with Gasteiger partial charge in [0.05, 0.1) is 12.8 Å². The number of carbonyl (C=O) groups excluding carboxylic acids is 1. The van der Waals surface area contributed by atoms with Crippen LogP contribution in [0.4, 0.5) is 10.8 Å². The number of hydrogen-bond acceptors (Lipinski definition) is 7. The zero-order valence-electron chi connectivity index (χ0n) is 15.4. The monoisotopic (exact) mass is 410 g/mol. The molecule has 0 radical (unpaired) electrons. The second-order valence-corrected chi connectivity index (χ2v) is 8.98. The number of aromatic nitrogens is 1. The van der Waals surface area contributed by atoms with Gasteiger partial charge >= 0.3 is 0 Å². The molecule has 1 aromatic carbocycles. The quantitative estimate of drug-likeness (QED) is 0.752. The van der Waals surface area contributed by atoms with E-state index in [4.69, 9.17) is 4.74 Å². The summed E-state index contributed by atoms with van der Waals surface area (Å²) in [6.07, 6.45) is 1.24. The van der Waals surface area contributed by atoms with E-state index < -0.39 is 10.0 Å². The van der Waals surface area contributed by atoms with Gasteiger partial charge in [-0.2, -0.15) is 0 Å². The summed E-state index contributed by atoms with van der Waals surface area (Å²) in [6.45, 7) is 1.20. The number of sulfonamides is 1. The third kappa shape index (κ3) is 4.40. The molecule has 1 aromatic heterocycles. The van der Waals surface area contributed by atoms with Crippen molar-refractivity contribution in [1.82, 2.24) is 9.88 Å². The lowest BCUT2D eigenvalue weighted by molar-refractivity contribution is -0.117. The van der Waals surface area contributed by atoms with E-state index in [-0.39, 0.29) is 21.7 Å². The smallest absolute Gasteiger partial charge is 0.267 e. The molecule has 27 heavy (non-hydrogen) atoms. The van der Waals surface area contributed by atoms with Gasteiger partial charge in [0.1, 0.15) is 10.6 Å². The molecule has 0 saturated carbocycles. The Morgan fingerprint density at radius 2 is 2.15 bits per heavy atom. The van der Waals surface area contributed by atoms with E-state index >= 15 is 0 Å². The summed E-state index contributed by atoms with van der Waals surface area (Å²) in [7, 11) is 1.32. The summed E-state index contributed by atoms with van der Waals surface area (Å²) in [5.41, 5.74) is 1.33. The Bertz CT molecular complexity index is 940. The van der Waals surface area contributed by atoms with Crippen LogP contribution in [0, 0.1) is 0 Å². The van der Waals surface area contributed by atoms with Crippen molar-refractivity contribution in [2.24, 2.45) is 0 Å². The molecule has 2 heterocycles. The first-order chi connectivity index (χ1) is 12.8. The predicted octanol–water partition coefficient (Wildman–Crippen LogP) is 2.14. The molecule has 0 unspecified atom stereocenters. The van der Waals surface area contributed by atoms with Crippen molar-refractivity contribution in [3.05, 3.63) is 29.3 Å². The second kappa shape index (κ2) is 7.83. The maximum atomic E-state index is 12.9. The number of carbonyl (C=O) groups is 1. The van der Waals surface area contributed by atoms with E-state index in [2.05, 4.69) is 9.71 Å². The number of nitrogens with zero attached hydrogens (tertiary/aromatic N) is 3. The standard InChI is InChI=1S/C17H22N4O4S2/c1-20(2)10-12-11-26-17(18-12)19-27(23,24)15-9-13(6-7-14(15)25-3)21-8-4-5-16(21)22/h6-7,9,11H,4-5,8,10H2,1-3H3,(H,18,19). The van der Waals surface area contributed by atoms with Crippen molar-refractivity contribution in [3.8, 4) is 5.75 Å². The van der Waals surface area contributed by atoms with Crippen LogP contribution < -0.4 is 14.4 Å². The summed E-state index contributed by atoms with van der Waals surface area (Å²) < 4.78 is 33.6. The molecular formula is C17H22N4O4S2. The SMILES string of the molecule is COc1ccc(N2CCCC2=O)cc1S(=O)(=O)Nc1nc(CN(C)C)cs1. The van der Waals surface area contributed by atoms with Gasteiger partial charge in [0, 0.05) is 30.6 Å². The van der Waals surface area contributed by atoms with Gasteiger partial charge in [-0.15, -0.1) is 11.3 Å². The van der Waals surface area contributed by atoms with Gasteiger partial charge in [-0.3, -0.25) is 9.52 Å². The fourth-order valence-corrected chi connectivity index (χ4v) is 5.03. The highest BCUT2D eigenvalue weighted by molar-refractivity contribution is 7.93. The van der Waals surface area contributed by atoms with Crippen LogP contribution in [0.1, 0.15) is 18.5 Å². The van der Waals surface area contributed by atoms with E-state index in [0.29, 0.717) is 25.2 Å². The number of methoxy groups -OCH3 is 1. The third-order valence-electron chi connectivity index (χ3n) is 4.07. The Kier molecular flexibility index (Phi) is 5.68. The van der Waals surface area contributed by atoms with Crippen LogP contribution in [-0.2, 0) is 21.4 Å². The Morgan fingerprint density at radius 1 is 1.37 bits per heavy atom. The van der Waals surface area contributed by atoms with Crippen molar-refractivity contribution >= 4 is 38.1 Å². The number of nitrogens with one attached hydrogen (secondary N) is 1. The molecule has 1 aliphatic heterocycles. The van der Waals surface area contributed by atoms with E-state index in [9.17, 15) is 13.2 Å². The zero-order chi connectivity index (χ0) is 19.6. The van der Waals surface area contributed by atoms with Crippen LogP contribution in [0.25, 0.3) is 0 Å². The molecular weight excluding hydrogens is 388 g/mol. The minimum absolute atomic E-state index is 0.00951. The molecule has 0 bridgehead atoms. The lowest BCUT2D eigenvalue weighted by Gasteiger charge is -2.18. The number of benzene rings is 1. The summed E-state index contributed by atoms with van der Waals surface area (Å²) in [6, 6.07) is 4.73. The van der Waals surface area contributed by atoms with Crippen molar-refractivity contribution < 1.29 is 17.9 Å². The van der Waals surface area contributed by atoms with Gasteiger partial charge in [0.25, 0.3) is 10.0 Å². The second-order valence-electron chi connectivity index (χ2n) is 6.47. The molecule has 8 nitrogen and oxygen atoms in total. The van der Waals surface area contributed by atoms with E-state index in [1.807, 2.05) is 24.4 Å². The van der Waals surface area contributed by atoms with Crippen LogP contribution in [0.3, 0.4) is 0 Å². The van der Waals surface area contributed by atoms with Gasteiger partial charge in [0.2, 0.25) is 5.91 Å². The first kappa shape index (κ1) is 19.6. The van der Waals surface area contributed by atoms with Crippen LogP contribution in [-0.4, -0.2) is 52.0 Å². The average Bonchev–Trinajstić information content (AvgIpc) is 3.22. The van der Waals surface area contributed by atoms with Crippen molar-refractivity contribution in [2.45, 2.75) is 24.3 Å². The molecule has 1 aliphatic rings. The average molecular weight is 411 g/mol. The van der Waals surface area contributed by atoms with Crippen LogP contribution >= 0.6 is 11.3 Å². The molecule has 10 heteroatoms. The van der Waals surface area contributed by atoms with Crippen molar-refractivity contribution in [2.75, 3.05) is 37.4 Å². The zero-order valence-corrected chi connectivity index (χ0v) is 17.1. The fourth-order valence-electron chi connectivity index (χ4n) is 2.88. The normalized spacial score (nSPS) is 14.8. The van der Waals surface area contributed by atoms with Gasteiger partial charge in [-0.05, 0) is 38.7 Å². The predicted molar refractivity (Wildman–Crippen MR) is 105 cm³/mol. The molecule has 2 aromatic rings. The molecule has 0 aliphatic carbocycles. The van der Waals surface area contributed by atoms with E-state index in [1.165, 1.54) is 24.5 Å².